The fourth-order valence-electron chi connectivity index (χ4n) is 0.844. The molecular formula is C11H6F16. The van der Waals surface area contributed by atoms with Crippen LogP contribution in [0.25, 0.3) is 0 Å². The Balaban J connectivity index is 0. The van der Waals surface area contributed by atoms with E-state index in [9.17, 15) is 70.2 Å². The van der Waals surface area contributed by atoms with Gasteiger partial charge in [0.25, 0.3) is 0 Å². The van der Waals surface area contributed by atoms with Gasteiger partial charge in [-0.1, -0.05) is 0 Å². The molecule has 0 radical (unpaired) electrons. The predicted octanol–water partition coefficient (Wildman–Crippen LogP) is 7.34. The van der Waals surface area contributed by atoms with Gasteiger partial charge in [-0.15, -0.1) is 0 Å². The van der Waals surface area contributed by atoms with Gasteiger partial charge in [-0.2, -0.15) is 70.2 Å². The molecule has 0 aliphatic carbocycles. The summed E-state index contributed by atoms with van der Waals surface area (Å²) in [5.74, 6) is -35.4. The average molecular weight is 442 g/mol. The highest BCUT2D eigenvalue weighted by Gasteiger charge is 2.72. The van der Waals surface area contributed by atoms with Gasteiger partial charge in [0, 0.05) is 13.8 Å². The molecule has 0 unspecified atom stereocenters. The molecule has 0 amide bonds. The first-order chi connectivity index (χ1) is 11.5. The van der Waals surface area contributed by atoms with E-state index >= 15 is 0 Å². The molecule has 0 saturated carbocycles. The maximum absolute atomic E-state index is 12.2. The molecule has 0 rings (SSSR count). The third kappa shape index (κ3) is 5.92. The van der Waals surface area contributed by atoms with Crippen LogP contribution < -0.4 is 0 Å². The van der Waals surface area contributed by atoms with Crippen molar-refractivity contribution in [3.05, 3.63) is 23.8 Å². The molecule has 162 valence electrons. The van der Waals surface area contributed by atoms with E-state index in [4.69, 9.17) is 0 Å². The normalized spacial score (nSPS) is 13.6. The summed E-state index contributed by atoms with van der Waals surface area (Å²) >= 11 is 0. The largest absolute Gasteiger partial charge is 0.378 e. The highest BCUT2D eigenvalue weighted by atomic mass is 19.4. The van der Waals surface area contributed by atoms with Crippen LogP contribution in [0.5, 0.6) is 0 Å². The van der Waals surface area contributed by atoms with Gasteiger partial charge in [0.05, 0.1) is 0 Å². The fourth-order valence-corrected chi connectivity index (χ4v) is 0.844. The van der Waals surface area contributed by atoms with Gasteiger partial charge < -0.3 is 0 Å². The van der Waals surface area contributed by atoms with Gasteiger partial charge in [-0.3, -0.25) is 0 Å². The highest BCUT2D eigenvalue weighted by Crippen LogP contribution is 2.50. The van der Waals surface area contributed by atoms with E-state index in [1.165, 1.54) is 0 Å². The minimum atomic E-state index is -6.26. The molecule has 0 aliphatic rings. The first kappa shape index (κ1) is 27.6. The SMILES string of the molecule is CC(F)(F)C(F)(F)C(F)(F)C(F)=C(F)F.CC(F)(F)C(F)(F)C(F)=C(F)F. The molecule has 0 aromatic rings. The van der Waals surface area contributed by atoms with Crippen LogP contribution in [-0.2, 0) is 0 Å². The molecule has 0 aromatic carbocycles. The Kier molecular flexibility index (Phi) is 8.34. The van der Waals surface area contributed by atoms with Crippen LogP contribution in [0, 0.1) is 0 Å². The molecule has 0 saturated heterocycles. The zero-order valence-corrected chi connectivity index (χ0v) is 12.5. The number of rotatable bonds is 5. The highest BCUT2D eigenvalue weighted by molar-refractivity contribution is 5.13. The fraction of sp³-hybridized carbons (Fsp3) is 0.636. The number of alkyl halides is 10. The molecule has 0 nitrogen and oxygen atoms in total. The van der Waals surface area contributed by atoms with Gasteiger partial charge in [-0.05, 0) is 0 Å². The third-order valence-corrected chi connectivity index (χ3v) is 2.38. The molecule has 27 heavy (non-hydrogen) atoms. The molecule has 0 fully saturated rings. The van der Waals surface area contributed by atoms with E-state index in [-0.39, 0.29) is 6.92 Å². The molecule has 0 atom stereocenters. The summed E-state index contributed by atoms with van der Waals surface area (Å²) in [5.41, 5.74) is 0. The van der Waals surface area contributed by atoms with Gasteiger partial charge >= 0.3 is 41.8 Å². The van der Waals surface area contributed by atoms with E-state index < -0.39 is 60.4 Å². The summed E-state index contributed by atoms with van der Waals surface area (Å²) in [6, 6.07) is 0. The number of hydrogen-bond acceptors (Lipinski definition) is 0. The lowest BCUT2D eigenvalue weighted by Gasteiger charge is -2.29. The molecule has 0 aromatic heterocycles. The van der Waals surface area contributed by atoms with Gasteiger partial charge in [0.15, 0.2) is 0 Å². The number of allylic oxidation sites excluding steroid dienone is 2. The van der Waals surface area contributed by atoms with Gasteiger partial charge in [0.2, 0.25) is 11.7 Å². The molecular weight excluding hydrogens is 436 g/mol. The van der Waals surface area contributed by atoms with E-state index in [2.05, 4.69) is 0 Å². The van der Waals surface area contributed by atoms with Crippen molar-refractivity contribution in [2.75, 3.05) is 0 Å². The Morgan fingerprint density at radius 3 is 0.852 bits per heavy atom. The summed E-state index contributed by atoms with van der Waals surface area (Å²) in [6.07, 6.45) is -7.22. The number of hydrogen-bond donors (Lipinski definition) is 0. The second-order valence-electron chi connectivity index (χ2n) is 4.65. The maximum Gasteiger partial charge on any atom is 0.378 e. The van der Waals surface area contributed by atoms with Crippen molar-refractivity contribution in [2.45, 2.75) is 43.5 Å². The van der Waals surface area contributed by atoms with E-state index in [0.717, 1.165) is 0 Å². The first-order valence-corrected chi connectivity index (χ1v) is 5.77. The average Bonchev–Trinajstić information content (AvgIpc) is 2.43. The van der Waals surface area contributed by atoms with E-state index in [1.54, 1.807) is 0 Å². The van der Waals surface area contributed by atoms with Crippen molar-refractivity contribution in [3.63, 3.8) is 0 Å². The predicted molar refractivity (Wildman–Crippen MR) is 56.8 cm³/mol. The second kappa shape index (κ2) is 8.16. The minimum Gasteiger partial charge on any atom is -0.200 e. The van der Waals surface area contributed by atoms with Crippen molar-refractivity contribution in [1.29, 1.82) is 0 Å². The Labute approximate surface area is 139 Å². The van der Waals surface area contributed by atoms with Crippen LogP contribution in [0.1, 0.15) is 13.8 Å². The lowest BCUT2D eigenvalue weighted by molar-refractivity contribution is -0.294. The number of halogens is 16. The summed E-state index contributed by atoms with van der Waals surface area (Å²) in [6.45, 7) is -0.986. The van der Waals surface area contributed by atoms with E-state index in [0.29, 0.717) is 0 Å². The molecule has 0 bridgehead atoms. The van der Waals surface area contributed by atoms with Crippen LogP contribution in [0.3, 0.4) is 0 Å². The summed E-state index contributed by atoms with van der Waals surface area (Å²) < 4.78 is 189. The second-order valence-corrected chi connectivity index (χ2v) is 4.65. The van der Waals surface area contributed by atoms with Crippen LogP contribution in [0.2, 0.25) is 0 Å². The monoisotopic (exact) mass is 442 g/mol. The Hall–Kier alpha value is -1.64. The first-order valence-electron chi connectivity index (χ1n) is 5.77. The van der Waals surface area contributed by atoms with Crippen LogP contribution in [0.4, 0.5) is 70.2 Å². The van der Waals surface area contributed by atoms with Gasteiger partial charge in [-0.25, -0.2) is 0 Å². The van der Waals surface area contributed by atoms with Crippen molar-refractivity contribution >= 4 is 0 Å². The summed E-state index contributed by atoms with van der Waals surface area (Å²) in [5, 5.41) is 0. The zero-order chi connectivity index (χ0) is 22.8. The van der Waals surface area contributed by atoms with Crippen molar-refractivity contribution < 1.29 is 70.2 Å². The lowest BCUT2D eigenvalue weighted by Crippen LogP contribution is -2.53. The lowest BCUT2D eigenvalue weighted by atomic mass is 10.1. The minimum absolute atomic E-state index is 0.352. The maximum atomic E-state index is 12.2. The molecule has 0 heterocycles. The van der Waals surface area contributed by atoms with Crippen molar-refractivity contribution in [1.82, 2.24) is 0 Å². The Morgan fingerprint density at radius 2 is 0.704 bits per heavy atom. The topological polar surface area (TPSA) is 0 Å². The molecule has 0 aliphatic heterocycles. The van der Waals surface area contributed by atoms with E-state index in [1.807, 2.05) is 0 Å². The van der Waals surface area contributed by atoms with Crippen LogP contribution in [-0.4, -0.2) is 29.6 Å². The van der Waals surface area contributed by atoms with Crippen molar-refractivity contribution in [2.24, 2.45) is 0 Å². The van der Waals surface area contributed by atoms with Crippen molar-refractivity contribution in [3.8, 4) is 0 Å². The summed E-state index contributed by atoms with van der Waals surface area (Å²) in [4.78, 5) is 0. The summed E-state index contributed by atoms with van der Waals surface area (Å²) in [7, 11) is 0. The van der Waals surface area contributed by atoms with Gasteiger partial charge in [0.1, 0.15) is 0 Å². The third-order valence-electron chi connectivity index (χ3n) is 2.38. The quantitative estimate of drug-likeness (QED) is 0.391. The molecule has 16 heteroatoms. The zero-order valence-electron chi connectivity index (χ0n) is 12.5. The molecule has 0 spiro atoms. The Morgan fingerprint density at radius 1 is 0.444 bits per heavy atom. The Bertz CT molecular complexity index is 564. The standard InChI is InChI=1S/C6H3F9.C5H3F7/c1-4(10,11)6(14,15)5(12,13)2(7)3(8)9;1-4(9,10)5(11,12)2(6)3(7)8/h1H3;1H3. The smallest absolute Gasteiger partial charge is 0.200 e. The van der Waals surface area contributed by atoms with Crippen LogP contribution >= 0.6 is 0 Å². The van der Waals surface area contributed by atoms with Crippen LogP contribution in [0.15, 0.2) is 23.8 Å². The molecule has 0 N–H and O–H groups in total.